The van der Waals surface area contributed by atoms with Gasteiger partial charge in [0.2, 0.25) is 0 Å². The summed E-state index contributed by atoms with van der Waals surface area (Å²) in [4.78, 5) is 2.53. The molecule has 0 spiro atoms. The Hall–Kier alpha value is -2.81. The van der Waals surface area contributed by atoms with Crippen molar-refractivity contribution >= 4 is 31.8 Å². The number of aryl methyl sites for hydroxylation is 1. The lowest BCUT2D eigenvalue weighted by molar-refractivity contribution is 0.200. The number of likely N-dealkylation sites (tertiary alicyclic amines) is 1. The number of rotatable bonds is 7. The van der Waals surface area contributed by atoms with Crippen molar-refractivity contribution in [2.75, 3.05) is 36.8 Å². The number of nitrogens with one attached hydrogen (secondary N) is 1. The standard InChI is InChI=1S/C34H42N3OP/c1-34(2)21-26-19-25(9-14-32(26)36-34)30-6-3-5-24-20-27(35)10-13-31(24)33(30)23-7-11-28(12-8-23)38-29-15-17-37(22-29)16-4-18-39/h7-14,19-20,29,36H,3-6,15-18,21-22,35,39H2,1-2H3. The van der Waals surface area contributed by atoms with Gasteiger partial charge in [0.25, 0.3) is 0 Å². The Morgan fingerprint density at radius 3 is 2.64 bits per heavy atom. The second kappa shape index (κ2) is 11.0. The number of benzene rings is 3. The number of allylic oxidation sites excluding steroid dienone is 1. The van der Waals surface area contributed by atoms with E-state index in [0.717, 1.165) is 62.8 Å². The van der Waals surface area contributed by atoms with Crippen LogP contribution < -0.4 is 15.8 Å². The lowest BCUT2D eigenvalue weighted by atomic mass is 9.87. The molecule has 3 N–H and O–H groups in total. The van der Waals surface area contributed by atoms with Crippen LogP contribution in [0.15, 0.2) is 60.7 Å². The minimum absolute atomic E-state index is 0.104. The number of hydrogen-bond donors (Lipinski definition) is 2. The monoisotopic (exact) mass is 539 g/mol. The van der Waals surface area contributed by atoms with E-state index in [9.17, 15) is 0 Å². The predicted molar refractivity (Wildman–Crippen MR) is 169 cm³/mol. The van der Waals surface area contributed by atoms with Gasteiger partial charge in [-0.25, -0.2) is 0 Å². The van der Waals surface area contributed by atoms with Crippen LogP contribution in [0.3, 0.4) is 0 Å². The van der Waals surface area contributed by atoms with E-state index in [1.807, 2.05) is 0 Å². The van der Waals surface area contributed by atoms with Crippen LogP contribution in [-0.4, -0.2) is 42.3 Å². The second-order valence-corrected chi connectivity index (χ2v) is 12.8. The van der Waals surface area contributed by atoms with Crippen molar-refractivity contribution in [2.45, 2.75) is 64.0 Å². The van der Waals surface area contributed by atoms with Gasteiger partial charge in [0, 0.05) is 30.0 Å². The van der Waals surface area contributed by atoms with Crippen LogP contribution in [0.2, 0.25) is 0 Å². The summed E-state index contributed by atoms with van der Waals surface area (Å²) < 4.78 is 6.43. The number of nitrogens with zero attached hydrogens (tertiary/aromatic N) is 1. The predicted octanol–water partition coefficient (Wildman–Crippen LogP) is 7.03. The Morgan fingerprint density at radius 1 is 1.00 bits per heavy atom. The highest BCUT2D eigenvalue weighted by Gasteiger charge is 2.29. The quantitative estimate of drug-likeness (QED) is 0.250. The zero-order chi connectivity index (χ0) is 27.0. The molecule has 2 atom stereocenters. The number of nitrogen functional groups attached to an aromatic ring is 1. The van der Waals surface area contributed by atoms with E-state index in [1.165, 1.54) is 57.6 Å². The van der Waals surface area contributed by atoms with Crippen LogP contribution in [-0.2, 0) is 12.8 Å². The van der Waals surface area contributed by atoms with Crippen molar-refractivity contribution in [1.29, 1.82) is 0 Å². The maximum absolute atomic E-state index is 6.43. The average Bonchev–Trinajstić information content (AvgIpc) is 3.43. The minimum atomic E-state index is 0.104. The van der Waals surface area contributed by atoms with Gasteiger partial charge < -0.3 is 15.8 Å². The van der Waals surface area contributed by atoms with Gasteiger partial charge in [0.1, 0.15) is 11.9 Å². The third-order valence-electron chi connectivity index (χ3n) is 8.49. The van der Waals surface area contributed by atoms with Gasteiger partial charge in [-0.1, -0.05) is 24.3 Å². The van der Waals surface area contributed by atoms with E-state index in [2.05, 4.69) is 94.0 Å². The van der Waals surface area contributed by atoms with Crippen molar-refractivity contribution < 1.29 is 4.74 Å². The van der Waals surface area contributed by atoms with E-state index in [0.29, 0.717) is 0 Å². The molecular formula is C34H42N3OP. The lowest BCUT2D eigenvalue weighted by Gasteiger charge is -2.19. The number of anilines is 2. The summed E-state index contributed by atoms with van der Waals surface area (Å²) in [5, 5.41) is 3.68. The Bertz CT molecular complexity index is 1380. The van der Waals surface area contributed by atoms with Gasteiger partial charge in [-0.15, -0.1) is 9.24 Å². The summed E-state index contributed by atoms with van der Waals surface area (Å²) in [6.07, 6.45) is 8.04. The summed E-state index contributed by atoms with van der Waals surface area (Å²) in [5.74, 6) is 0.968. The molecular weight excluding hydrogens is 497 g/mol. The lowest BCUT2D eigenvalue weighted by Crippen LogP contribution is -2.26. The molecule has 0 bridgehead atoms. The first kappa shape index (κ1) is 26.4. The van der Waals surface area contributed by atoms with E-state index in [4.69, 9.17) is 10.5 Å². The van der Waals surface area contributed by atoms with Crippen molar-refractivity contribution in [3.05, 3.63) is 88.5 Å². The molecule has 3 aliphatic rings. The van der Waals surface area contributed by atoms with Gasteiger partial charge in [0.15, 0.2) is 0 Å². The highest BCUT2D eigenvalue weighted by atomic mass is 31.0. The smallest absolute Gasteiger partial charge is 0.119 e. The summed E-state index contributed by atoms with van der Waals surface area (Å²) in [7, 11) is 2.83. The SMILES string of the molecule is CC1(C)Cc2cc(C3=C(c4ccc(OC5CCN(CCCP)C5)cc4)c4ccc(N)cc4CCC3)ccc2N1. The Labute approximate surface area is 236 Å². The van der Waals surface area contributed by atoms with Crippen molar-refractivity contribution in [1.82, 2.24) is 4.90 Å². The average molecular weight is 540 g/mol. The first-order chi connectivity index (χ1) is 18.9. The van der Waals surface area contributed by atoms with E-state index >= 15 is 0 Å². The van der Waals surface area contributed by atoms with E-state index in [-0.39, 0.29) is 11.6 Å². The molecule has 3 aromatic carbocycles. The molecule has 2 heterocycles. The first-order valence-corrected chi connectivity index (χ1v) is 15.4. The fourth-order valence-electron chi connectivity index (χ4n) is 6.66. The molecule has 0 saturated carbocycles. The number of hydrogen-bond acceptors (Lipinski definition) is 4. The van der Waals surface area contributed by atoms with Gasteiger partial charge in [-0.2, -0.15) is 0 Å². The third-order valence-corrected chi connectivity index (χ3v) is 8.89. The van der Waals surface area contributed by atoms with Crippen LogP contribution in [0.5, 0.6) is 5.75 Å². The zero-order valence-electron chi connectivity index (χ0n) is 23.4. The van der Waals surface area contributed by atoms with E-state index < -0.39 is 0 Å². The van der Waals surface area contributed by atoms with Crippen LogP contribution >= 0.6 is 9.24 Å². The molecule has 39 heavy (non-hydrogen) atoms. The fourth-order valence-corrected chi connectivity index (χ4v) is 6.85. The summed E-state index contributed by atoms with van der Waals surface area (Å²) in [6.45, 7) is 7.89. The number of ether oxygens (including phenoxy) is 1. The molecule has 2 unspecified atom stereocenters. The van der Waals surface area contributed by atoms with Gasteiger partial charge in [-0.3, -0.25) is 4.90 Å². The highest BCUT2D eigenvalue weighted by Crippen LogP contribution is 2.42. The minimum Gasteiger partial charge on any atom is -0.489 e. The van der Waals surface area contributed by atoms with E-state index in [1.54, 1.807) is 0 Å². The Kier molecular flexibility index (Phi) is 7.44. The molecule has 0 aromatic heterocycles. The number of fused-ring (bicyclic) bond motifs is 2. The molecule has 0 amide bonds. The largest absolute Gasteiger partial charge is 0.489 e. The zero-order valence-corrected chi connectivity index (χ0v) is 24.6. The maximum Gasteiger partial charge on any atom is 0.119 e. The molecule has 1 saturated heterocycles. The van der Waals surface area contributed by atoms with Crippen molar-refractivity contribution in [3.8, 4) is 5.75 Å². The maximum atomic E-state index is 6.43. The topological polar surface area (TPSA) is 50.5 Å². The first-order valence-electron chi connectivity index (χ1n) is 14.6. The third kappa shape index (κ3) is 5.74. The highest BCUT2D eigenvalue weighted by molar-refractivity contribution is 7.16. The summed E-state index contributed by atoms with van der Waals surface area (Å²) in [5.41, 5.74) is 17.9. The van der Waals surface area contributed by atoms with Crippen LogP contribution in [0, 0.1) is 0 Å². The van der Waals surface area contributed by atoms with Gasteiger partial charge >= 0.3 is 0 Å². The van der Waals surface area contributed by atoms with Crippen LogP contribution in [0.4, 0.5) is 11.4 Å². The molecule has 0 radical (unpaired) electrons. The summed E-state index contributed by atoms with van der Waals surface area (Å²) >= 11 is 0. The Morgan fingerprint density at radius 2 is 1.82 bits per heavy atom. The normalized spacial score (nSPS) is 20.3. The summed E-state index contributed by atoms with van der Waals surface area (Å²) in [6, 6.07) is 22.3. The Balaban J connectivity index is 1.34. The molecule has 3 aromatic rings. The molecule has 5 heteroatoms. The molecule has 2 aliphatic heterocycles. The molecule has 4 nitrogen and oxygen atoms in total. The van der Waals surface area contributed by atoms with Crippen LogP contribution in [0.25, 0.3) is 11.1 Å². The molecule has 1 aliphatic carbocycles. The van der Waals surface area contributed by atoms with Gasteiger partial charge in [-0.05, 0) is 140 Å². The molecule has 1 fully saturated rings. The molecule has 6 rings (SSSR count). The number of nitrogens with two attached hydrogens (primary N) is 1. The van der Waals surface area contributed by atoms with Crippen LogP contribution in [0.1, 0.15) is 67.3 Å². The van der Waals surface area contributed by atoms with Crippen molar-refractivity contribution in [2.24, 2.45) is 0 Å². The van der Waals surface area contributed by atoms with Crippen molar-refractivity contribution in [3.63, 3.8) is 0 Å². The molecule has 204 valence electrons. The fraction of sp³-hybridized carbons (Fsp3) is 0.412. The van der Waals surface area contributed by atoms with Gasteiger partial charge in [0.05, 0.1) is 0 Å². The second-order valence-electron chi connectivity index (χ2n) is 12.2.